The highest BCUT2D eigenvalue weighted by Crippen LogP contribution is 2.45. The number of hydrogen-bond acceptors (Lipinski definition) is 1. The Balaban J connectivity index is 2.21. The van der Waals surface area contributed by atoms with Gasteiger partial charge in [0.1, 0.15) is 5.82 Å². The van der Waals surface area contributed by atoms with Crippen LogP contribution >= 0.6 is 15.9 Å². The predicted molar refractivity (Wildman–Crippen MR) is 73.5 cm³/mol. The normalized spacial score (nSPS) is 27.1. The molecule has 0 aliphatic heterocycles. The van der Waals surface area contributed by atoms with Crippen LogP contribution in [0.4, 0.5) is 4.39 Å². The molecule has 2 rings (SSSR count). The van der Waals surface area contributed by atoms with Gasteiger partial charge in [-0.3, -0.25) is 0 Å². The molecule has 0 N–H and O–H groups in total. The molecule has 0 radical (unpaired) electrons. The lowest BCUT2D eigenvalue weighted by Crippen LogP contribution is -2.18. The van der Waals surface area contributed by atoms with Crippen LogP contribution in [0.5, 0.6) is 0 Å². The summed E-state index contributed by atoms with van der Waals surface area (Å²) in [6.07, 6.45) is 4.55. The summed E-state index contributed by atoms with van der Waals surface area (Å²) in [4.78, 5) is 0. The van der Waals surface area contributed by atoms with Crippen molar-refractivity contribution in [3.63, 3.8) is 0 Å². The van der Waals surface area contributed by atoms with Gasteiger partial charge in [0.25, 0.3) is 0 Å². The third kappa shape index (κ3) is 2.75. The van der Waals surface area contributed by atoms with E-state index in [2.05, 4.69) is 28.9 Å². The molecule has 1 aromatic carbocycles. The van der Waals surface area contributed by atoms with Gasteiger partial charge in [-0.15, -0.1) is 0 Å². The Kier molecular flexibility index (Phi) is 4.07. The predicted octanol–water partition coefficient (Wildman–Crippen LogP) is 4.85. The molecule has 1 nitrogen and oxygen atoms in total. The van der Waals surface area contributed by atoms with E-state index in [4.69, 9.17) is 0 Å². The largest absolute Gasteiger partial charge is 0.207 e. The molecule has 1 aromatic rings. The zero-order valence-corrected chi connectivity index (χ0v) is 12.1. The Labute approximate surface area is 116 Å². The summed E-state index contributed by atoms with van der Waals surface area (Å²) in [6.45, 7) is 2.16. The zero-order chi connectivity index (χ0) is 13.2. The van der Waals surface area contributed by atoms with Crippen LogP contribution in [0, 0.1) is 28.5 Å². The maximum absolute atomic E-state index is 13.8. The summed E-state index contributed by atoms with van der Waals surface area (Å²) in [5, 5.41) is 9.47. The maximum atomic E-state index is 13.8. The molecule has 3 heteroatoms. The second-order valence-electron chi connectivity index (χ2n) is 5.32. The lowest BCUT2D eigenvalue weighted by atomic mass is 9.80. The van der Waals surface area contributed by atoms with Crippen molar-refractivity contribution in [2.75, 3.05) is 0 Å². The van der Waals surface area contributed by atoms with E-state index in [9.17, 15) is 9.65 Å². The quantitative estimate of drug-likeness (QED) is 0.783. The lowest BCUT2D eigenvalue weighted by molar-refractivity contribution is 0.374. The van der Waals surface area contributed by atoms with Crippen LogP contribution in [0.1, 0.15) is 38.2 Å². The van der Waals surface area contributed by atoms with Crippen LogP contribution in [0.25, 0.3) is 0 Å². The molecule has 1 aliphatic carbocycles. The molecule has 2 unspecified atom stereocenters. The minimum Gasteiger partial charge on any atom is -0.207 e. The zero-order valence-electron chi connectivity index (χ0n) is 10.5. The van der Waals surface area contributed by atoms with Crippen molar-refractivity contribution in [2.24, 2.45) is 11.3 Å². The smallest absolute Gasteiger partial charge is 0.126 e. The van der Waals surface area contributed by atoms with Gasteiger partial charge >= 0.3 is 0 Å². The van der Waals surface area contributed by atoms with Crippen molar-refractivity contribution in [2.45, 2.75) is 39.0 Å². The number of nitrogens with zero attached hydrogens (tertiary/aromatic N) is 1. The fourth-order valence-electron chi connectivity index (χ4n) is 2.93. The third-order valence-corrected chi connectivity index (χ3v) is 4.55. The number of halogens is 2. The molecule has 96 valence electrons. The molecule has 1 aliphatic rings. The Hall–Kier alpha value is -0.880. The summed E-state index contributed by atoms with van der Waals surface area (Å²) in [5.41, 5.74) is 0.296. The number of hydrogen-bond donors (Lipinski definition) is 0. The average molecular weight is 310 g/mol. The summed E-state index contributed by atoms with van der Waals surface area (Å²) in [6, 6.07) is 7.42. The van der Waals surface area contributed by atoms with Gasteiger partial charge in [0.05, 0.1) is 11.5 Å². The van der Waals surface area contributed by atoms with Crippen molar-refractivity contribution in [3.8, 4) is 6.07 Å². The fraction of sp³-hybridized carbons (Fsp3) is 0.533. The second kappa shape index (κ2) is 5.40. The highest BCUT2D eigenvalue weighted by molar-refractivity contribution is 9.10. The number of rotatable bonds is 3. The van der Waals surface area contributed by atoms with Crippen molar-refractivity contribution in [1.82, 2.24) is 0 Å². The van der Waals surface area contributed by atoms with Crippen molar-refractivity contribution in [1.29, 1.82) is 5.26 Å². The minimum atomic E-state index is -0.359. The van der Waals surface area contributed by atoms with Gasteiger partial charge in [-0.2, -0.15) is 5.26 Å². The summed E-state index contributed by atoms with van der Waals surface area (Å²) in [7, 11) is 0. The van der Waals surface area contributed by atoms with E-state index in [0.29, 0.717) is 17.9 Å². The van der Waals surface area contributed by atoms with Gasteiger partial charge in [-0.25, -0.2) is 4.39 Å². The van der Waals surface area contributed by atoms with E-state index in [1.807, 2.05) is 0 Å². The second-order valence-corrected chi connectivity index (χ2v) is 6.24. The van der Waals surface area contributed by atoms with Crippen molar-refractivity contribution >= 4 is 15.9 Å². The molecule has 0 spiro atoms. The van der Waals surface area contributed by atoms with E-state index < -0.39 is 0 Å². The summed E-state index contributed by atoms with van der Waals surface area (Å²) in [5.74, 6) is 0.424. The Morgan fingerprint density at radius 1 is 1.56 bits per heavy atom. The molecule has 0 heterocycles. The molecule has 0 amide bonds. The van der Waals surface area contributed by atoms with Gasteiger partial charge in [-0.05, 0) is 55.4 Å². The SMILES string of the molecule is CCC1CCC(C#N)(Cc2cc(Br)ccc2F)C1. The summed E-state index contributed by atoms with van der Waals surface area (Å²) >= 11 is 3.36. The molecule has 0 aromatic heterocycles. The van der Waals surface area contributed by atoms with E-state index in [-0.39, 0.29) is 11.2 Å². The van der Waals surface area contributed by atoms with Gasteiger partial charge in [0.2, 0.25) is 0 Å². The monoisotopic (exact) mass is 309 g/mol. The summed E-state index contributed by atoms with van der Waals surface area (Å²) < 4.78 is 14.7. The van der Waals surface area contributed by atoms with Crippen molar-refractivity contribution in [3.05, 3.63) is 34.1 Å². The van der Waals surface area contributed by atoms with E-state index in [0.717, 1.165) is 30.2 Å². The highest BCUT2D eigenvalue weighted by atomic mass is 79.9. The maximum Gasteiger partial charge on any atom is 0.126 e. The Morgan fingerprint density at radius 2 is 2.33 bits per heavy atom. The van der Waals surface area contributed by atoms with E-state index in [1.54, 1.807) is 12.1 Å². The molecule has 0 bridgehead atoms. The topological polar surface area (TPSA) is 23.8 Å². The first-order valence-electron chi connectivity index (χ1n) is 6.44. The molecule has 18 heavy (non-hydrogen) atoms. The Bertz CT molecular complexity index is 480. The van der Waals surface area contributed by atoms with E-state index in [1.165, 1.54) is 6.07 Å². The first-order chi connectivity index (χ1) is 8.58. The van der Waals surface area contributed by atoms with Gasteiger partial charge in [0.15, 0.2) is 0 Å². The minimum absolute atomic E-state index is 0.201. The van der Waals surface area contributed by atoms with Crippen LogP contribution < -0.4 is 0 Å². The van der Waals surface area contributed by atoms with Gasteiger partial charge in [0, 0.05) is 4.47 Å². The van der Waals surface area contributed by atoms with Crippen LogP contribution in [0.3, 0.4) is 0 Å². The van der Waals surface area contributed by atoms with Crippen LogP contribution in [0.15, 0.2) is 22.7 Å². The Morgan fingerprint density at radius 3 is 2.94 bits per heavy atom. The molecular formula is C15H17BrFN. The van der Waals surface area contributed by atoms with Crippen LogP contribution in [0.2, 0.25) is 0 Å². The fourth-order valence-corrected chi connectivity index (χ4v) is 3.34. The first-order valence-corrected chi connectivity index (χ1v) is 7.23. The van der Waals surface area contributed by atoms with Crippen LogP contribution in [-0.2, 0) is 6.42 Å². The third-order valence-electron chi connectivity index (χ3n) is 4.06. The van der Waals surface area contributed by atoms with Gasteiger partial charge < -0.3 is 0 Å². The van der Waals surface area contributed by atoms with Crippen LogP contribution in [-0.4, -0.2) is 0 Å². The molecule has 1 saturated carbocycles. The molecule has 1 fully saturated rings. The molecule has 2 atom stereocenters. The highest BCUT2D eigenvalue weighted by Gasteiger charge is 2.39. The van der Waals surface area contributed by atoms with Crippen molar-refractivity contribution < 1.29 is 4.39 Å². The van der Waals surface area contributed by atoms with Gasteiger partial charge in [-0.1, -0.05) is 29.3 Å². The first kappa shape index (κ1) is 13.5. The molecule has 0 saturated heterocycles. The standard InChI is InChI=1S/C15H17BrFN/c1-2-11-5-6-15(8-11,10-18)9-12-7-13(16)3-4-14(12)17/h3-4,7,11H,2,5-6,8-9H2,1H3. The lowest BCUT2D eigenvalue weighted by Gasteiger charge is -2.21. The van der Waals surface area contributed by atoms with E-state index >= 15 is 0 Å². The average Bonchev–Trinajstić information content (AvgIpc) is 2.78. The molecular weight excluding hydrogens is 293 g/mol. The number of benzene rings is 1. The number of nitriles is 1.